The number of aliphatic hydroxyl groups excluding tert-OH is 2. The molecule has 3 rings (SSSR count). The smallest absolute Gasteiger partial charge is 0.247 e. The molecule has 2 aliphatic rings. The van der Waals surface area contributed by atoms with E-state index in [2.05, 4.69) is 11.8 Å². The highest BCUT2D eigenvalue weighted by molar-refractivity contribution is 7.89. The zero-order valence-corrected chi connectivity index (χ0v) is 20.5. The Balaban J connectivity index is 2.01. The minimum Gasteiger partial charge on any atom is -0.487 e. The lowest BCUT2D eigenvalue weighted by molar-refractivity contribution is -0.138. The lowest BCUT2D eigenvalue weighted by Gasteiger charge is -2.38. The number of hydrogen-bond donors (Lipinski definition) is 2. The number of carbonyl (C=O) groups is 1. The highest BCUT2D eigenvalue weighted by Gasteiger charge is 2.39. The number of ether oxygens (including phenoxy) is 1. The van der Waals surface area contributed by atoms with Crippen molar-refractivity contribution in [2.75, 3.05) is 26.7 Å². The third kappa shape index (κ3) is 5.69. The van der Waals surface area contributed by atoms with E-state index in [4.69, 9.17) is 4.74 Å². The number of fused-ring (bicyclic) bond motifs is 1. The largest absolute Gasteiger partial charge is 0.487 e. The normalized spacial score (nSPS) is 24.5. The van der Waals surface area contributed by atoms with Crippen molar-refractivity contribution in [2.45, 2.75) is 63.2 Å². The molecular weight excluding hydrogens is 444 g/mol. The van der Waals surface area contributed by atoms with Gasteiger partial charge in [-0.3, -0.25) is 4.79 Å². The molecule has 1 saturated carbocycles. The number of aliphatic hydroxyl groups is 2. The molecule has 0 spiro atoms. The first kappa shape index (κ1) is 25.5. The molecule has 0 saturated heterocycles. The van der Waals surface area contributed by atoms with Crippen molar-refractivity contribution in [3.8, 4) is 17.6 Å². The summed E-state index contributed by atoms with van der Waals surface area (Å²) in [5, 5.41) is 19.2. The van der Waals surface area contributed by atoms with E-state index in [9.17, 15) is 23.4 Å². The van der Waals surface area contributed by atoms with Crippen LogP contribution < -0.4 is 4.74 Å². The first-order chi connectivity index (χ1) is 15.5. The van der Waals surface area contributed by atoms with Crippen LogP contribution in [0.2, 0.25) is 0 Å². The molecule has 1 aliphatic carbocycles. The Kier molecular flexibility index (Phi) is 8.06. The van der Waals surface area contributed by atoms with Crippen LogP contribution in [-0.2, 0) is 14.8 Å². The molecule has 8 nitrogen and oxygen atoms in total. The summed E-state index contributed by atoms with van der Waals surface area (Å²) >= 11 is 0. The van der Waals surface area contributed by atoms with Gasteiger partial charge in [-0.15, -0.1) is 0 Å². The number of amides is 1. The van der Waals surface area contributed by atoms with Gasteiger partial charge >= 0.3 is 0 Å². The van der Waals surface area contributed by atoms with Gasteiger partial charge in [0.15, 0.2) is 0 Å². The molecule has 0 aromatic heterocycles. The first-order valence-electron chi connectivity index (χ1n) is 11.4. The molecule has 1 heterocycles. The SMILES string of the molecule is C[C@@H](O)C#Cc1ccc2c(c1)O[C@H](CN(C)C(=O)C1CCC1)[C@@H](C)CN([C@@H](C)CO)S2(=O)=O. The van der Waals surface area contributed by atoms with Gasteiger partial charge in [0.1, 0.15) is 22.9 Å². The molecule has 0 unspecified atom stereocenters. The zero-order valence-electron chi connectivity index (χ0n) is 19.7. The fourth-order valence-corrected chi connectivity index (χ4v) is 5.86. The van der Waals surface area contributed by atoms with Crippen LogP contribution in [0, 0.1) is 23.7 Å². The number of sulfonamides is 1. The number of rotatable bonds is 5. The van der Waals surface area contributed by atoms with Crippen molar-refractivity contribution in [2.24, 2.45) is 11.8 Å². The van der Waals surface area contributed by atoms with E-state index in [-0.39, 0.29) is 41.5 Å². The second-order valence-electron chi connectivity index (χ2n) is 9.19. The van der Waals surface area contributed by atoms with Crippen LogP contribution in [0.25, 0.3) is 0 Å². The van der Waals surface area contributed by atoms with E-state index in [1.165, 1.54) is 10.4 Å². The molecule has 1 amide bonds. The number of carbonyl (C=O) groups excluding carboxylic acids is 1. The number of benzene rings is 1. The van der Waals surface area contributed by atoms with Crippen LogP contribution in [0.1, 0.15) is 45.6 Å². The average molecular weight is 479 g/mol. The third-order valence-electron chi connectivity index (χ3n) is 6.38. The topological polar surface area (TPSA) is 107 Å². The van der Waals surface area contributed by atoms with E-state index in [0.717, 1.165) is 19.3 Å². The van der Waals surface area contributed by atoms with Crippen molar-refractivity contribution in [3.05, 3.63) is 23.8 Å². The van der Waals surface area contributed by atoms with Crippen LogP contribution in [0.5, 0.6) is 5.75 Å². The fraction of sp³-hybridized carbons (Fsp3) is 0.625. The van der Waals surface area contributed by atoms with Gasteiger partial charge in [0.25, 0.3) is 0 Å². The average Bonchev–Trinajstić information content (AvgIpc) is 2.72. The predicted molar refractivity (Wildman–Crippen MR) is 124 cm³/mol. The molecule has 1 aliphatic heterocycles. The Morgan fingerprint density at radius 1 is 1.33 bits per heavy atom. The minimum atomic E-state index is -3.94. The number of likely N-dealkylation sites (N-methyl/N-ethyl adjacent to an activating group) is 1. The number of hydrogen-bond acceptors (Lipinski definition) is 6. The van der Waals surface area contributed by atoms with Crippen molar-refractivity contribution in [3.63, 3.8) is 0 Å². The maximum atomic E-state index is 13.5. The van der Waals surface area contributed by atoms with E-state index in [1.807, 2.05) is 6.92 Å². The Bertz CT molecular complexity index is 1030. The van der Waals surface area contributed by atoms with E-state index in [1.54, 1.807) is 37.9 Å². The Morgan fingerprint density at radius 3 is 2.61 bits per heavy atom. The summed E-state index contributed by atoms with van der Waals surface area (Å²) in [5.41, 5.74) is 0.512. The molecule has 1 aromatic rings. The molecule has 0 bridgehead atoms. The van der Waals surface area contributed by atoms with Crippen LogP contribution in [0.3, 0.4) is 0 Å². The maximum absolute atomic E-state index is 13.5. The van der Waals surface area contributed by atoms with Gasteiger partial charge in [0, 0.05) is 37.0 Å². The molecule has 0 radical (unpaired) electrons. The van der Waals surface area contributed by atoms with Crippen LogP contribution in [0.15, 0.2) is 23.1 Å². The van der Waals surface area contributed by atoms with Crippen molar-refractivity contribution < 1.29 is 28.2 Å². The monoisotopic (exact) mass is 478 g/mol. The molecule has 33 heavy (non-hydrogen) atoms. The van der Waals surface area contributed by atoms with Crippen LogP contribution in [-0.4, -0.2) is 78.7 Å². The standard InChI is InChI=1S/C24H34N2O6S/c1-16-13-26(17(2)15-27)33(30,31)23-11-10-19(9-8-18(3)28)12-21(23)32-22(16)14-25(4)24(29)20-6-5-7-20/h10-12,16-18,20,22,27-28H,5-7,13-15H2,1-4H3/t16-,17-,18+,22+/m0/s1. The predicted octanol–water partition coefficient (Wildman–Crippen LogP) is 1.45. The zero-order chi connectivity index (χ0) is 24.3. The molecule has 1 aromatic carbocycles. The van der Waals surface area contributed by atoms with E-state index in [0.29, 0.717) is 12.1 Å². The Morgan fingerprint density at radius 2 is 2.03 bits per heavy atom. The summed E-state index contributed by atoms with van der Waals surface area (Å²) in [7, 11) is -2.19. The minimum absolute atomic E-state index is 0.00438. The second-order valence-corrected chi connectivity index (χ2v) is 11.1. The van der Waals surface area contributed by atoms with Gasteiger partial charge in [-0.25, -0.2) is 8.42 Å². The molecule has 4 atom stereocenters. The lowest BCUT2D eigenvalue weighted by atomic mass is 9.84. The molecule has 1 fully saturated rings. The number of nitrogens with zero attached hydrogens (tertiary/aromatic N) is 2. The first-order valence-corrected chi connectivity index (χ1v) is 12.9. The Hall–Kier alpha value is -2.12. The summed E-state index contributed by atoms with van der Waals surface area (Å²) in [5.74, 6) is 5.53. The second kappa shape index (κ2) is 10.4. The van der Waals surface area contributed by atoms with Crippen molar-refractivity contribution in [1.29, 1.82) is 0 Å². The molecule has 9 heteroatoms. The molecule has 2 N–H and O–H groups in total. The quantitative estimate of drug-likeness (QED) is 0.621. The Labute approximate surface area is 196 Å². The van der Waals surface area contributed by atoms with Gasteiger partial charge in [-0.1, -0.05) is 25.2 Å². The third-order valence-corrected chi connectivity index (χ3v) is 8.40. The van der Waals surface area contributed by atoms with Crippen LogP contribution in [0.4, 0.5) is 0 Å². The van der Waals surface area contributed by atoms with Gasteiger partial charge in [-0.2, -0.15) is 4.31 Å². The van der Waals surface area contributed by atoms with Gasteiger partial charge < -0.3 is 19.8 Å². The van der Waals surface area contributed by atoms with Gasteiger partial charge in [0.05, 0.1) is 13.2 Å². The highest BCUT2D eigenvalue weighted by Crippen LogP contribution is 2.34. The van der Waals surface area contributed by atoms with Crippen molar-refractivity contribution >= 4 is 15.9 Å². The van der Waals surface area contributed by atoms with Gasteiger partial charge in [-0.05, 0) is 44.9 Å². The lowest BCUT2D eigenvalue weighted by Crippen LogP contribution is -2.50. The molecular formula is C24H34N2O6S. The summed E-state index contributed by atoms with van der Waals surface area (Å²) in [4.78, 5) is 14.4. The summed E-state index contributed by atoms with van der Waals surface area (Å²) in [6.45, 7) is 5.26. The molecule has 182 valence electrons. The highest BCUT2D eigenvalue weighted by atomic mass is 32.2. The van der Waals surface area contributed by atoms with Crippen LogP contribution >= 0.6 is 0 Å². The van der Waals surface area contributed by atoms with E-state index >= 15 is 0 Å². The summed E-state index contributed by atoms with van der Waals surface area (Å²) in [6, 6.07) is 3.96. The van der Waals surface area contributed by atoms with Crippen molar-refractivity contribution in [1.82, 2.24) is 9.21 Å². The maximum Gasteiger partial charge on any atom is 0.247 e. The fourth-order valence-electron chi connectivity index (χ4n) is 4.04. The summed E-state index contributed by atoms with van der Waals surface area (Å²) < 4.78 is 34.5. The van der Waals surface area contributed by atoms with Gasteiger partial charge in [0.2, 0.25) is 15.9 Å². The van der Waals surface area contributed by atoms with E-state index < -0.39 is 28.3 Å². The summed E-state index contributed by atoms with van der Waals surface area (Å²) in [6.07, 6.45) is 1.59.